The second-order valence-corrected chi connectivity index (χ2v) is 6.09. The van der Waals surface area contributed by atoms with Gasteiger partial charge in [0.15, 0.2) is 17.0 Å². The Labute approximate surface area is 127 Å². The Morgan fingerprint density at radius 2 is 2.33 bits per heavy atom. The van der Waals surface area contributed by atoms with Crippen molar-refractivity contribution < 1.29 is 19.7 Å². The summed E-state index contributed by atoms with van der Waals surface area (Å²) >= 11 is 1.27. The van der Waals surface area contributed by atoms with Crippen LogP contribution in [0.1, 0.15) is 32.9 Å². The van der Waals surface area contributed by atoms with E-state index in [2.05, 4.69) is 9.98 Å². The Morgan fingerprint density at radius 1 is 1.62 bits per heavy atom. The lowest BCUT2D eigenvalue weighted by Gasteiger charge is -2.15. The molecule has 1 aromatic heterocycles. The number of carbonyl (C=O) groups is 1. The molecule has 2 atom stereocenters. The maximum Gasteiger partial charge on any atom is 0.332 e. The average molecular weight is 310 g/mol. The van der Waals surface area contributed by atoms with Crippen LogP contribution in [-0.4, -0.2) is 43.6 Å². The molecule has 2 heterocycles. The molecule has 0 aliphatic carbocycles. The summed E-state index contributed by atoms with van der Waals surface area (Å²) in [7, 11) is 0. The van der Waals surface area contributed by atoms with E-state index in [1.54, 1.807) is 13.0 Å². The topological polar surface area (TPSA) is 92.0 Å². The van der Waals surface area contributed by atoms with Gasteiger partial charge in [-0.25, -0.2) is 9.78 Å². The minimum absolute atomic E-state index is 0.0337. The van der Waals surface area contributed by atoms with Gasteiger partial charge < -0.3 is 14.9 Å². The van der Waals surface area contributed by atoms with Crippen LogP contribution in [0.25, 0.3) is 0 Å². The highest BCUT2D eigenvalue weighted by atomic mass is 32.2. The van der Waals surface area contributed by atoms with E-state index >= 15 is 0 Å². The van der Waals surface area contributed by atoms with Crippen LogP contribution in [0.4, 0.5) is 0 Å². The van der Waals surface area contributed by atoms with E-state index in [-0.39, 0.29) is 17.5 Å². The first kappa shape index (κ1) is 15.6. The van der Waals surface area contributed by atoms with Gasteiger partial charge in [-0.05, 0) is 20.3 Å². The molecule has 0 bridgehead atoms. The van der Waals surface area contributed by atoms with E-state index in [0.29, 0.717) is 16.5 Å². The summed E-state index contributed by atoms with van der Waals surface area (Å²) in [6.45, 7) is 5.44. The fourth-order valence-corrected chi connectivity index (χ4v) is 2.87. The molecule has 0 saturated heterocycles. The van der Waals surface area contributed by atoms with Crippen molar-refractivity contribution in [3.8, 4) is 11.5 Å². The average Bonchev–Trinajstić information content (AvgIpc) is 2.85. The monoisotopic (exact) mass is 310 g/mol. The molecule has 0 saturated carbocycles. The van der Waals surface area contributed by atoms with Crippen molar-refractivity contribution in [3.05, 3.63) is 18.0 Å². The number of pyridine rings is 1. The third kappa shape index (κ3) is 3.12. The third-order valence-electron chi connectivity index (χ3n) is 3.29. The molecule has 1 unspecified atom stereocenters. The van der Waals surface area contributed by atoms with Crippen molar-refractivity contribution in [3.63, 3.8) is 0 Å². The van der Waals surface area contributed by atoms with E-state index in [1.165, 1.54) is 18.0 Å². The first-order chi connectivity index (χ1) is 9.87. The molecule has 2 N–H and O–H groups in total. The van der Waals surface area contributed by atoms with Gasteiger partial charge >= 0.3 is 5.97 Å². The quantitative estimate of drug-likeness (QED) is 0.867. The van der Waals surface area contributed by atoms with Gasteiger partial charge in [-0.2, -0.15) is 0 Å². The highest BCUT2D eigenvalue weighted by Gasteiger charge is 2.39. The van der Waals surface area contributed by atoms with Crippen molar-refractivity contribution in [1.82, 2.24) is 4.98 Å². The van der Waals surface area contributed by atoms with Gasteiger partial charge in [0, 0.05) is 18.0 Å². The second kappa shape index (κ2) is 5.93. The Hall–Kier alpha value is -1.76. The maximum absolute atomic E-state index is 11.2. The van der Waals surface area contributed by atoms with Crippen LogP contribution in [0.15, 0.2) is 17.3 Å². The number of rotatable bonds is 5. The zero-order valence-electron chi connectivity index (χ0n) is 12.2. The summed E-state index contributed by atoms with van der Waals surface area (Å²) in [5.74, 6) is -0.438. The van der Waals surface area contributed by atoms with Crippen molar-refractivity contribution in [2.75, 3.05) is 5.75 Å². The summed E-state index contributed by atoms with van der Waals surface area (Å²) in [4.78, 5) is 19.5. The lowest BCUT2D eigenvalue weighted by atomic mass is 10.1. The van der Waals surface area contributed by atoms with Crippen molar-refractivity contribution in [2.24, 2.45) is 4.99 Å². The molecular weight excluding hydrogens is 292 g/mol. The van der Waals surface area contributed by atoms with Crippen LogP contribution in [0.5, 0.6) is 11.5 Å². The number of ether oxygens (including phenoxy) is 1. The second-order valence-electron chi connectivity index (χ2n) is 5.13. The maximum atomic E-state index is 11.2. The molecule has 0 radical (unpaired) electrons. The number of aliphatic imine (C=N–C) groups is 1. The fraction of sp³-hybridized carbons (Fsp3) is 0.500. The number of aliphatic carboxylic acids is 1. The zero-order valence-corrected chi connectivity index (χ0v) is 13.0. The molecule has 1 aliphatic rings. The van der Waals surface area contributed by atoms with Crippen LogP contribution in [-0.2, 0) is 4.79 Å². The summed E-state index contributed by atoms with van der Waals surface area (Å²) < 4.78 is 5.62. The third-order valence-corrected chi connectivity index (χ3v) is 4.56. The van der Waals surface area contributed by atoms with E-state index in [9.17, 15) is 15.0 Å². The predicted molar refractivity (Wildman–Crippen MR) is 81.3 cm³/mol. The highest BCUT2D eigenvalue weighted by molar-refractivity contribution is 8.14. The number of hydrogen-bond donors (Lipinski definition) is 2. The number of aromatic nitrogens is 1. The molecule has 0 fully saturated rings. The Kier molecular flexibility index (Phi) is 4.41. The summed E-state index contributed by atoms with van der Waals surface area (Å²) in [6.07, 6.45) is 2.30. The van der Waals surface area contributed by atoms with Gasteiger partial charge in [0.1, 0.15) is 10.7 Å². The molecule has 1 aromatic rings. The predicted octanol–water partition coefficient (Wildman–Crippen LogP) is 2.30. The lowest BCUT2D eigenvalue weighted by molar-refractivity contribution is -0.141. The molecule has 7 heteroatoms. The molecule has 6 nitrogen and oxygen atoms in total. The normalized spacial score (nSPS) is 22.7. The highest BCUT2D eigenvalue weighted by Crippen LogP contribution is 2.37. The molecule has 114 valence electrons. The van der Waals surface area contributed by atoms with Gasteiger partial charge in [0.2, 0.25) is 0 Å². The number of nitrogens with zero attached hydrogens (tertiary/aromatic N) is 2. The molecule has 1 aliphatic heterocycles. The first-order valence-corrected chi connectivity index (χ1v) is 7.67. The summed E-state index contributed by atoms with van der Waals surface area (Å²) in [6, 6.07) is 1.58. The van der Waals surface area contributed by atoms with Crippen molar-refractivity contribution in [2.45, 2.75) is 38.8 Å². The number of aromatic hydroxyl groups is 1. The smallest absolute Gasteiger partial charge is 0.332 e. The van der Waals surface area contributed by atoms with Gasteiger partial charge in [0.25, 0.3) is 0 Å². The molecule has 21 heavy (non-hydrogen) atoms. The Balaban J connectivity index is 2.34. The molecule has 2 rings (SSSR count). The van der Waals surface area contributed by atoms with Gasteiger partial charge in [-0.15, -0.1) is 11.8 Å². The van der Waals surface area contributed by atoms with E-state index < -0.39 is 11.5 Å². The van der Waals surface area contributed by atoms with Gasteiger partial charge in [0.05, 0.1) is 6.10 Å². The van der Waals surface area contributed by atoms with E-state index in [4.69, 9.17) is 4.74 Å². The minimum atomic E-state index is -1.18. The van der Waals surface area contributed by atoms with Crippen LogP contribution in [0.3, 0.4) is 0 Å². The molecule has 0 amide bonds. The van der Waals surface area contributed by atoms with Crippen LogP contribution < -0.4 is 4.74 Å². The Morgan fingerprint density at radius 3 is 2.90 bits per heavy atom. The molecular formula is C14H18N2O4S. The number of carboxylic acid groups (broad SMARTS) is 1. The SMILES string of the molecule is CCC(C)Oc1ccnc(C2=N[C@@](C)(C(=O)O)CS2)c1O. The summed E-state index contributed by atoms with van der Waals surface area (Å²) in [5.41, 5.74) is -0.910. The lowest BCUT2D eigenvalue weighted by Crippen LogP contribution is -2.33. The van der Waals surface area contributed by atoms with Crippen molar-refractivity contribution in [1.29, 1.82) is 0 Å². The molecule has 0 aromatic carbocycles. The standard InChI is InChI=1S/C14H18N2O4S/c1-4-8(2)20-9-5-6-15-10(11(9)17)12-16-14(3,7-21-12)13(18)19/h5-6,8,17H,4,7H2,1-3H3,(H,18,19)/t8?,14-/m1/s1. The fourth-order valence-electron chi connectivity index (χ4n) is 1.72. The van der Waals surface area contributed by atoms with Gasteiger partial charge in [-0.3, -0.25) is 4.99 Å². The first-order valence-electron chi connectivity index (χ1n) is 6.68. The number of carboxylic acids is 1. The molecule has 0 spiro atoms. The Bertz CT molecular complexity index is 590. The summed E-state index contributed by atoms with van der Waals surface area (Å²) in [5, 5.41) is 19.9. The van der Waals surface area contributed by atoms with Gasteiger partial charge in [-0.1, -0.05) is 6.92 Å². The zero-order chi connectivity index (χ0) is 15.6. The van der Waals surface area contributed by atoms with Crippen molar-refractivity contribution >= 4 is 22.8 Å². The van der Waals surface area contributed by atoms with Crippen LogP contribution >= 0.6 is 11.8 Å². The van der Waals surface area contributed by atoms with Crippen LogP contribution in [0, 0.1) is 0 Å². The van der Waals surface area contributed by atoms with E-state index in [0.717, 1.165) is 6.42 Å². The van der Waals surface area contributed by atoms with E-state index in [1.807, 2.05) is 13.8 Å². The largest absolute Gasteiger partial charge is 0.503 e. The minimum Gasteiger partial charge on any atom is -0.503 e. The number of thioether (sulfide) groups is 1. The number of hydrogen-bond acceptors (Lipinski definition) is 6. The van der Waals surface area contributed by atoms with Crippen LogP contribution in [0.2, 0.25) is 0 Å².